The van der Waals surface area contributed by atoms with Gasteiger partial charge in [-0.2, -0.15) is 0 Å². The van der Waals surface area contributed by atoms with Gasteiger partial charge < -0.3 is 10.6 Å². The first-order valence-corrected chi connectivity index (χ1v) is 14.8. The van der Waals surface area contributed by atoms with E-state index in [1.807, 2.05) is 10.9 Å². The Hall–Kier alpha value is -3.50. The number of carbonyl (C=O) groups excluding carboxylic acids is 1. The summed E-state index contributed by atoms with van der Waals surface area (Å²) in [5.74, 6) is -0.401. The Labute approximate surface area is 230 Å². The number of aryl methyl sites for hydroxylation is 1. The molecule has 3 aromatic rings. The second kappa shape index (κ2) is 10.9. The molecule has 10 heteroatoms. The van der Waals surface area contributed by atoms with Gasteiger partial charge in [0.15, 0.2) is 0 Å². The highest BCUT2D eigenvalue weighted by molar-refractivity contribution is 7.89. The third-order valence-corrected chi connectivity index (χ3v) is 8.93. The molecule has 0 spiro atoms. The molecular formula is C29H36N6O3S. The van der Waals surface area contributed by atoms with Crippen LogP contribution in [0.5, 0.6) is 0 Å². The molecule has 2 aliphatic rings. The zero-order valence-electron chi connectivity index (χ0n) is 22.7. The summed E-state index contributed by atoms with van der Waals surface area (Å²) in [6.45, 7) is 8.46. The van der Waals surface area contributed by atoms with Gasteiger partial charge in [0.25, 0.3) is 10.0 Å². The number of benzene rings is 2. The van der Waals surface area contributed by atoms with Gasteiger partial charge in [0.1, 0.15) is 6.04 Å². The molecule has 0 fully saturated rings. The number of amides is 1. The fourth-order valence-electron chi connectivity index (χ4n) is 5.22. The van der Waals surface area contributed by atoms with Crippen LogP contribution in [0.1, 0.15) is 62.0 Å². The Bertz CT molecular complexity index is 1460. The summed E-state index contributed by atoms with van der Waals surface area (Å²) >= 11 is 0. The van der Waals surface area contributed by atoms with Gasteiger partial charge in [0.2, 0.25) is 5.91 Å². The molecule has 206 valence electrons. The van der Waals surface area contributed by atoms with Crippen LogP contribution >= 0.6 is 0 Å². The van der Waals surface area contributed by atoms with Crippen LogP contribution in [0.4, 0.5) is 0 Å². The quantitative estimate of drug-likeness (QED) is 0.446. The Morgan fingerprint density at radius 2 is 1.92 bits per heavy atom. The van der Waals surface area contributed by atoms with Crippen molar-refractivity contribution in [3.63, 3.8) is 0 Å². The van der Waals surface area contributed by atoms with Gasteiger partial charge in [-0.3, -0.25) is 9.10 Å². The number of carbonyl (C=O) groups is 1. The van der Waals surface area contributed by atoms with Gasteiger partial charge in [-0.05, 0) is 53.5 Å². The number of hydrogen-bond acceptors (Lipinski definition) is 6. The van der Waals surface area contributed by atoms with Gasteiger partial charge >= 0.3 is 0 Å². The molecule has 0 radical (unpaired) electrons. The van der Waals surface area contributed by atoms with Crippen molar-refractivity contribution in [2.24, 2.45) is 5.41 Å². The van der Waals surface area contributed by atoms with E-state index in [0.29, 0.717) is 5.69 Å². The van der Waals surface area contributed by atoms with E-state index in [4.69, 9.17) is 0 Å². The predicted octanol–water partition coefficient (Wildman–Crippen LogP) is 3.54. The smallest absolute Gasteiger partial charge is 0.264 e. The lowest BCUT2D eigenvalue weighted by atomic mass is 9.86. The molecule has 0 unspecified atom stereocenters. The minimum absolute atomic E-state index is 0.0517. The number of rotatable bonds is 8. The molecule has 2 atom stereocenters. The van der Waals surface area contributed by atoms with E-state index >= 15 is 0 Å². The SMILES string of the molecule is CC(C)(C)CNCc1ccc2c(c1)CCC[C@@H]2n1cc(C[C@@H]2C(=O)NC=CN2S(=O)(=O)c2ccccc2)nn1. The number of sulfonamides is 1. The Balaban J connectivity index is 1.33. The van der Waals surface area contributed by atoms with Crippen LogP contribution in [0.25, 0.3) is 0 Å². The lowest BCUT2D eigenvalue weighted by Crippen LogP contribution is -2.50. The van der Waals surface area contributed by atoms with Crippen LogP contribution in [0.3, 0.4) is 0 Å². The van der Waals surface area contributed by atoms with Crippen LogP contribution in [0.2, 0.25) is 0 Å². The fourth-order valence-corrected chi connectivity index (χ4v) is 6.69. The maximum atomic E-state index is 13.3. The molecule has 2 aromatic carbocycles. The van der Waals surface area contributed by atoms with Crippen molar-refractivity contribution in [3.8, 4) is 0 Å². The molecule has 2 N–H and O–H groups in total. The van der Waals surface area contributed by atoms with E-state index in [1.54, 1.807) is 18.2 Å². The van der Waals surface area contributed by atoms with Crippen molar-refractivity contribution in [3.05, 3.63) is 89.5 Å². The second-order valence-electron chi connectivity index (χ2n) is 11.5. The molecule has 0 saturated heterocycles. The van der Waals surface area contributed by atoms with E-state index in [0.717, 1.165) is 36.7 Å². The molecule has 1 aromatic heterocycles. The molecule has 5 rings (SSSR count). The lowest BCUT2D eigenvalue weighted by molar-refractivity contribution is -0.124. The topological polar surface area (TPSA) is 109 Å². The van der Waals surface area contributed by atoms with Crippen molar-refractivity contribution >= 4 is 15.9 Å². The third kappa shape index (κ3) is 6.07. The number of hydrogen-bond donors (Lipinski definition) is 2. The van der Waals surface area contributed by atoms with E-state index in [2.05, 4.69) is 59.9 Å². The number of fused-ring (bicyclic) bond motifs is 1. The Morgan fingerprint density at radius 3 is 2.69 bits per heavy atom. The first-order chi connectivity index (χ1) is 18.6. The van der Waals surface area contributed by atoms with Crippen LogP contribution in [0, 0.1) is 5.41 Å². The highest BCUT2D eigenvalue weighted by Gasteiger charge is 2.36. The first-order valence-electron chi connectivity index (χ1n) is 13.4. The summed E-state index contributed by atoms with van der Waals surface area (Å²) in [5.41, 5.74) is 4.64. The summed E-state index contributed by atoms with van der Waals surface area (Å²) in [6, 6.07) is 13.9. The number of nitrogens with zero attached hydrogens (tertiary/aromatic N) is 4. The zero-order chi connectivity index (χ0) is 27.6. The summed E-state index contributed by atoms with van der Waals surface area (Å²) in [7, 11) is -3.91. The molecule has 0 bridgehead atoms. The minimum Gasteiger partial charge on any atom is -0.329 e. The molecule has 1 amide bonds. The monoisotopic (exact) mass is 548 g/mol. The second-order valence-corrected chi connectivity index (χ2v) is 13.3. The molecule has 9 nitrogen and oxygen atoms in total. The van der Waals surface area contributed by atoms with Crippen molar-refractivity contribution in [1.82, 2.24) is 29.9 Å². The molecule has 39 heavy (non-hydrogen) atoms. The van der Waals surface area contributed by atoms with Crippen molar-refractivity contribution in [2.45, 2.75) is 70.0 Å². The molecular weight excluding hydrogens is 512 g/mol. The lowest BCUT2D eigenvalue weighted by Gasteiger charge is -2.31. The van der Waals surface area contributed by atoms with Crippen molar-refractivity contribution < 1.29 is 13.2 Å². The Morgan fingerprint density at radius 1 is 1.13 bits per heavy atom. The van der Waals surface area contributed by atoms with Crippen LogP contribution < -0.4 is 10.6 Å². The maximum absolute atomic E-state index is 13.3. The van der Waals surface area contributed by atoms with E-state index in [-0.39, 0.29) is 22.8 Å². The molecule has 1 aliphatic carbocycles. The Kier molecular flexibility index (Phi) is 7.59. The van der Waals surface area contributed by atoms with Crippen LogP contribution in [-0.2, 0) is 34.2 Å². The normalized spacial score (nSPS) is 19.6. The standard InChI is InChI=1S/C29H36N6O3S/c1-29(2,3)20-30-18-21-12-13-25-22(16-21)8-7-11-26(25)34-19-23(32-33-34)17-27-28(36)31-14-15-35(27)39(37,38)24-9-5-4-6-10-24/h4-6,9-10,12-16,19,26-27,30H,7-8,11,17-18,20H2,1-3H3,(H,31,36)/t26-,27+/m0/s1. The van der Waals surface area contributed by atoms with Gasteiger partial charge in [-0.25, -0.2) is 13.1 Å². The average Bonchev–Trinajstić information content (AvgIpc) is 3.37. The molecule has 1 aliphatic heterocycles. The number of aromatic nitrogens is 3. The number of nitrogens with one attached hydrogen (secondary N) is 2. The fraction of sp³-hybridized carbons (Fsp3) is 0.414. The molecule has 2 heterocycles. The third-order valence-electron chi connectivity index (χ3n) is 7.13. The van der Waals surface area contributed by atoms with Gasteiger partial charge in [0.05, 0.1) is 16.6 Å². The van der Waals surface area contributed by atoms with Crippen molar-refractivity contribution in [2.75, 3.05) is 6.54 Å². The van der Waals surface area contributed by atoms with Crippen molar-refractivity contribution in [1.29, 1.82) is 0 Å². The first kappa shape index (κ1) is 27.1. The van der Waals surface area contributed by atoms with E-state index < -0.39 is 22.0 Å². The van der Waals surface area contributed by atoms with Crippen LogP contribution in [0.15, 0.2) is 72.0 Å². The summed E-state index contributed by atoms with van der Waals surface area (Å²) in [5, 5.41) is 14.9. The van der Waals surface area contributed by atoms with Gasteiger partial charge in [-0.1, -0.05) is 62.4 Å². The molecule has 0 saturated carbocycles. The summed E-state index contributed by atoms with van der Waals surface area (Å²) in [6.07, 6.45) is 7.72. The average molecular weight is 549 g/mol. The van der Waals surface area contributed by atoms with E-state index in [9.17, 15) is 13.2 Å². The van der Waals surface area contributed by atoms with E-state index in [1.165, 1.54) is 41.2 Å². The maximum Gasteiger partial charge on any atom is 0.264 e. The largest absolute Gasteiger partial charge is 0.329 e. The summed E-state index contributed by atoms with van der Waals surface area (Å²) < 4.78 is 29.6. The van der Waals surface area contributed by atoms with Gasteiger partial charge in [0, 0.05) is 38.1 Å². The van der Waals surface area contributed by atoms with Gasteiger partial charge in [-0.15, -0.1) is 5.10 Å². The van der Waals surface area contributed by atoms with Crippen LogP contribution in [-0.4, -0.2) is 46.2 Å². The summed E-state index contributed by atoms with van der Waals surface area (Å²) in [4.78, 5) is 12.9. The minimum atomic E-state index is -3.91. The highest BCUT2D eigenvalue weighted by Crippen LogP contribution is 2.33. The zero-order valence-corrected chi connectivity index (χ0v) is 23.5. The predicted molar refractivity (Wildman–Crippen MR) is 149 cm³/mol. The highest BCUT2D eigenvalue weighted by atomic mass is 32.2.